The number of nitrogens with one attached hydrogen (secondary N) is 1. The van der Waals surface area contributed by atoms with Crippen LogP contribution in [0.3, 0.4) is 0 Å². The Morgan fingerprint density at radius 1 is 1.33 bits per heavy atom. The molecule has 114 valence electrons. The summed E-state index contributed by atoms with van der Waals surface area (Å²) in [5.74, 6) is 0. The molecule has 1 aromatic carbocycles. The molecular weight excluding hydrogens is 398 g/mol. The third kappa shape index (κ3) is 3.43. The third-order valence-electron chi connectivity index (χ3n) is 2.89. The number of anilines is 1. The van der Waals surface area contributed by atoms with Crippen LogP contribution >= 0.6 is 38.9 Å². The van der Waals surface area contributed by atoms with Gasteiger partial charge < -0.3 is 5.11 Å². The topological polar surface area (TPSA) is 66.4 Å². The molecule has 1 heterocycles. The number of aliphatic hydroxyl groups is 1. The van der Waals surface area contributed by atoms with Crippen molar-refractivity contribution in [1.82, 2.24) is 0 Å². The first-order valence-electron chi connectivity index (χ1n) is 5.92. The summed E-state index contributed by atoms with van der Waals surface area (Å²) in [5.41, 5.74) is 1.81. The maximum atomic E-state index is 12.5. The fourth-order valence-corrected chi connectivity index (χ4v) is 5.46. The SMILES string of the molecule is Cc1cc(Br)c(NS(=O)(=O)c2c(C)csc2CO)cc1Cl. The summed E-state index contributed by atoms with van der Waals surface area (Å²) in [7, 11) is -3.78. The lowest BCUT2D eigenvalue weighted by atomic mass is 10.2. The second-order valence-corrected chi connectivity index (χ2v) is 8.36. The summed E-state index contributed by atoms with van der Waals surface area (Å²) in [5, 5.41) is 11.5. The smallest absolute Gasteiger partial charge is 0.263 e. The molecule has 0 radical (unpaired) electrons. The van der Waals surface area contributed by atoms with Gasteiger partial charge in [0.2, 0.25) is 0 Å². The van der Waals surface area contributed by atoms with Crippen molar-refractivity contribution in [2.75, 3.05) is 4.72 Å². The number of hydrogen-bond donors (Lipinski definition) is 2. The molecule has 0 aliphatic rings. The van der Waals surface area contributed by atoms with E-state index in [1.807, 2.05) is 6.92 Å². The number of hydrogen-bond acceptors (Lipinski definition) is 4. The van der Waals surface area contributed by atoms with Crippen LogP contribution in [0.2, 0.25) is 5.02 Å². The van der Waals surface area contributed by atoms with Crippen LogP contribution < -0.4 is 4.72 Å². The quantitative estimate of drug-likeness (QED) is 0.798. The van der Waals surface area contributed by atoms with E-state index in [2.05, 4.69) is 20.7 Å². The molecule has 21 heavy (non-hydrogen) atoms. The number of sulfonamides is 1. The fourth-order valence-electron chi connectivity index (χ4n) is 1.88. The molecule has 0 unspecified atom stereocenters. The zero-order valence-corrected chi connectivity index (χ0v) is 15.3. The lowest BCUT2D eigenvalue weighted by Crippen LogP contribution is -2.15. The average molecular weight is 411 g/mol. The zero-order chi connectivity index (χ0) is 15.8. The van der Waals surface area contributed by atoms with Crippen LogP contribution in [0.4, 0.5) is 5.69 Å². The molecule has 0 atom stereocenters. The number of aliphatic hydroxyl groups excluding tert-OH is 1. The van der Waals surface area contributed by atoms with Crippen LogP contribution in [0.1, 0.15) is 16.0 Å². The summed E-state index contributed by atoms with van der Waals surface area (Å²) in [4.78, 5) is 0.535. The molecule has 0 spiro atoms. The van der Waals surface area contributed by atoms with Crippen LogP contribution in [0.15, 0.2) is 26.9 Å². The van der Waals surface area contributed by atoms with Gasteiger partial charge in [0.05, 0.1) is 17.2 Å². The van der Waals surface area contributed by atoms with Crippen molar-refractivity contribution in [1.29, 1.82) is 0 Å². The second kappa shape index (κ2) is 6.26. The van der Waals surface area contributed by atoms with E-state index in [9.17, 15) is 13.5 Å². The molecule has 0 fully saturated rings. The minimum atomic E-state index is -3.78. The first-order valence-corrected chi connectivity index (χ1v) is 9.46. The van der Waals surface area contributed by atoms with Crippen molar-refractivity contribution >= 4 is 54.6 Å². The first-order chi connectivity index (χ1) is 9.76. The highest BCUT2D eigenvalue weighted by Gasteiger charge is 2.23. The summed E-state index contributed by atoms with van der Waals surface area (Å²) in [6.45, 7) is 3.21. The summed E-state index contributed by atoms with van der Waals surface area (Å²) in [6, 6.07) is 3.30. The standard InChI is InChI=1S/C13H13BrClNO3S2/c1-7-3-9(14)11(4-10(7)15)16-21(18,19)13-8(2)6-20-12(13)5-17/h3-4,6,16-17H,5H2,1-2H3. The number of rotatable bonds is 4. The molecule has 0 saturated carbocycles. The number of halogens is 2. The van der Waals surface area contributed by atoms with Crippen LogP contribution in [-0.2, 0) is 16.6 Å². The van der Waals surface area contributed by atoms with Crippen molar-refractivity contribution in [2.24, 2.45) is 0 Å². The van der Waals surface area contributed by atoms with Gasteiger partial charge in [0.1, 0.15) is 4.90 Å². The predicted molar refractivity (Wildman–Crippen MR) is 89.7 cm³/mol. The van der Waals surface area contributed by atoms with E-state index in [-0.39, 0.29) is 11.5 Å². The minimum Gasteiger partial charge on any atom is -0.391 e. The van der Waals surface area contributed by atoms with Crippen molar-refractivity contribution in [2.45, 2.75) is 25.3 Å². The van der Waals surface area contributed by atoms with Crippen molar-refractivity contribution in [3.63, 3.8) is 0 Å². The number of aryl methyl sites for hydroxylation is 2. The van der Waals surface area contributed by atoms with E-state index in [0.717, 1.165) is 5.56 Å². The van der Waals surface area contributed by atoms with Crippen molar-refractivity contribution < 1.29 is 13.5 Å². The van der Waals surface area contributed by atoms with E-state index in [1.54, 1.807) is 24.4 Å². The monoisotopic (exact) mass is 409 g/mol. The molecule has 0 amide bonds. The molecule has 4 nitrogen and oxygen atoms in total. The molecule has 1 aromatic heterocycles. The Morgan fingerprint density at radius 2 is 2.00 bits per heavy atom. The molecule has 2 aromatic rings. The second-order valence-electron chi connectivity index (χ2n) is 4.52. The maximum absolute atomic E-state index is 12.5. The Morgan fingerprint density at radius 3 is 2.62 bits per heavy atom. The lowest BCUT2D eigenvalue weighted by Gasteiger charge is -2.12. The average Bonchev–Trinajstić information content (AvgIpc) is 2.77. The minimum absolute atomic E-state index is 0.124. The van der Waals surface area contributed by atoms with Gasteiger partial charge in [0.15, 0.2) is 0 Å². The Balaban J connectivity index is 2.47. The lowest BCUT2D eigenvalue weighted by molar-refractivity contribution is 0.282. The van der Waals surface area contributed by atoms with E-state index < -0.39 is 10.0 Å². The summed E-state index contributed by atoms with van der Waals surface area (Å²) < 4.78 is 28.2. The van der Waals surface area contributed by atoms with Gasteiger partial charge in [-0.25, -0.2) is 8.42 Å². The summed E-state index contributed by atoms with van der Waals surface area (Å²) in [6.07, 6.45) is 0. The molecule has 0 bridgehead atoms. The summed E-state index contributed by atoms with van der Waals surface area (Å²) >= 11 is 10.6. The molecule has 8 heteroatoms. The van der Waals surface area contributed by atoms with Gasteiger partial charge in [-0.05, 0) is 58.4 Å². The van der Waals surface area contributed by atoms with Gasteiger partial charge in [-0.2, -0.15) is 0 Å². The maximum Gasteiger partial charge on any atom is 0.263 e. The molecule has 0 saturated heterocycles. The number of benzene rings is 1. The highest BCUT2D eigenvalue weighted by molar-refractivity contribution is 9.10. The van der Waals surface area contributed by atoms with E-state index in [4.69, 9.17) is 11.6 Å². The van der Waals surface area contributed by atoms with E-state index in [0.29, 0.717) is 25.6 Å². The molecule has 0 aliphatic heterocycles. The Kier molecular flexibility index (Phi) is 4.99. The largest absolute Gasteiger partial charge is 0.391 e. The van der Waals surface area contributed by atoms with Gasteiger partial charge >= 0.3 is 0 Å². The van der Waals surface area contributed by atoms with E-state index >= 15 is 0 Å². The van der Waals surface area contributed by atoms with Gasteiger partial charge in [0, 0.05) is 9.50 Å². The molecule has 2 N–H and O–H groups in total. The fraction of sp³-hybridized carbons (Fsp3) is 0.231. The zero-order valence-electron chi connectivity index (χ0n) is 11.3. The normalized spacial score (nSPS) is 11.7. The molecular formula is C13H13BrClNO3S2. The van der Waals surface area contributed by atoms with Crippen molar-refractivity contribution in [3.8, 4) is 0 Å². The van der Waals surface area contributed by atoms with Crippen LogP contribution in [-0.4, -0.2) is 13.5 Å². The molecule has 0 aliphatic carbocycles. The third-order valence-corrected chi connectivity index (χ3v) is 6.77. The Hall–Kier alpha value is -0.600. The Labute approximate surface area is 140 Å². The van der Waals surface area contributed by atoms with Crippen LogP contribution in [0.5, 0.6) is 0 Å². The van der Waals surface area contributed by atoms with Gasteiger partial charge in [-0.15, -0.1) is 11.3 Å². The number of thiophene rings is 1. The predicted octanol–water partition coefficient (Wildman–Crippen LogP) is 4.07. The van der Waals surface area contributed by atoms with Gasteiger partial charge in [-0.1, -0.05) is 11.6 Å². The van der Waals surface area contributed by atoms with Gasteiger partial charge in [-0.3, -0.25) is 4.72 Å². The highest BCUT2D eigenvalue weighted by atomic mass is 79.9. The first kappa shape index (κ1) is 16.8. The van der Waals surface area contributed by atoms with Gasteiger partial charge in [0.25, 0.3) is 10.0 Å². The molecule has 2 rings (SSSR count). The van der Waals surface area contributed by atoms with Crippen molar-refractivity contribution in [3.05, 3.63) is 43.0 Å². The van der Waals surface area contributed by atoms with Crippen LogP contribution in [0.25, 0.3) is 0 Å². The van der Waals surface area contributed by atoms with E-state index in [1.165, 1.54) is 11.3 Å². The Bertz CT molecular complexity index is 787. The van der Waals surface area contributed by atoms with Crippen LogP contribution in [0, 0.1) is 13.8 Å². The highest BCUT2D eigenvalue weighted by Crippen LogP contribution is 2.33.